The summed E-state index contributed by atoms with van der Waals surface area (Å²) in [5.74, 6) is -92.8. The van der Waals surface area contributed by atoms with Crippen LogP contribution >= 0.6 is 0 Å². The Bertz CT molecular complexity index is 1010. The SMILES string of the molecule is CCCCCCCCNC(=O)C(F)(F)C(F)(F)C(F)(F)C(F)(F)C(F)(F)C(F)(F)C(F)(F)C(F)(F)C(F)(F)C(F)(F)C(F)(F)F. The molecule has 1 N–H and O–H groups in total. The van der Waals surface area contributed by atoms with Crippen molar-refractivity contribution in [1.29, 1.82) is 0 Å². The molecule has 0 aromatic carbocycles. The third kappa shape index (κ3) is 6.29. The normalized spacial score (nSPS) is 15.8. The maximum atomic E-state index is 13.9. The van der Waals surface area contributed by atoms with Gasteiger partial charge in [-0.3, -0.25) is 4.79 Å². The molecule has 0 aromatic heterocycles. The maximum Gasteiger partial charge on any atom is 0.460 e. The Labute approximate surface area is 235 Å². The number of unbranched alkanes of at least 4 members (excludes halogenated alkanes) is 5. The van der Waals surface area contributed by atoms with Crippen molar-refractivity contribution in [2.24, 2.45) is 0 Å². The van der Waals surface area contributed by atoms with Gasteiger partial charge >= 0.3 is 65.4 Å². The molecule has 0 aliphatic rings. The van der Waals surface area contributed by atoms with Crippen LogP contribution in [0.3, 0.4) is 0 Å². The van der Waals surface area contributed by atoms with Gasteiger partial charge in [-0.1, -0.05) is 39.0 Å². The van der Waals surface area contributed by atoms with Gasteiger partial charge in [0.1, 0.15) is 0 Å². The van der Waals surface area contributed by atoms with Crippen molar-refractivity contribution < 1.29 is 106 Å². The first-order chi connectivity index (χ1) is 19.5. The fourth-order valence-electron chi connectivity index (χ4n) is 3.12. The van der Waals surface area contributed by atoms with Crippen LogP contribution in [-0.4, -0.2) is 77.9 Å². The van der Waals surface area contributed by atoms with Gasteiger partial charge in [-0.25, -0.2) is 0 Å². The summed E-state index contributed by atoms with van der Waals surface area (Å²) in [7, 11) is 0. The minimum Gasteiger partial charge on any atom is -0.351 e. The van der Waals surface area contributed by atoms with E-state index in [2.05, 4.69) is 0 Å². The number of carbonyl (C=O) groups excluding carboxylic acids is 1. The summed E-state index contributed by atoms with van der Waals surface area (Å²) in [6, 6.07) is 0. The molecule has 0 heterocycles. The quantitative estimate of drug-likeness (QED) is 0.118. The van der Waals surface area contributed by atoms with Crippen LogP contribution in [-0.2, 0) is 4.79 Å². The van der Waals surface area contributed by atoms with Gasteiger partial charge in [-0.2, -0.15) is 101 Å². The van der Waals surface area contributed by atoms with Gasteiger partial charge in [0.2, 0.25) is 0 Å². The Kier molecular flexibility index (Phi) is 11.9. The molecule has 0 rings (SSSR count). The van der Waals surface area contributed by atoms with Crippen LogP contribution in [0.25, 0.3) is 0 Å². The third-order valence-electron chi connectivity index (χ3n) is 6.01. The van der Waals surface area contributed by atoms with E-state index in [1.54, 1.807) is 6.92 Å². The molecular formula is C20H18F23NO. The highest BCUT2D eigenvalue weighted by atomic mass is 19.4. The highest BCUT2D eigenvalue weighted by Crippen LogP contribution is 2.67. The molecule has 0 aliphatic heterocycles. The van der Waals surface area contributed by atoms with Gasteiger partial charge in [0.15, 0.2) is 0 Å². The van der Waals surface area contributed by atoms with Crippen LogP contribution in [0.1, 0.15) is 45.4 Å². The number of halogens is 23. The molecule has 0 unspecified atom stereocenters. The van der Waals surface area contributed by atoms with Crippen molar-refractivity contribution in [3.8, 4) is 0 Å². The van der Waals surface area contributed by atoms with Crippen LogP contribution in [0, 0.1) is 0 Å². The van der Waals surface area contributed by atoms with Crippen LogP contribution in [0.5, 0.6) is 0 Å². The Morgan fingerprint density at radius 1 is 0.400 bits per heavy atom. The van der Waals surface area contributed by atoms with Crippen LogP contribution in [0.2, 0.25) is 0 Å². The van der Waals surface area contributed by atoms with Gasteiger partial charge in [0.05, 0.1) is 0 Å². The third-order valence-corrected chi connectivity index (χ3v) is 6.01. The Hall–Kier alpha value is -2.14. The maximum absolute atomic E-state index is 13.9. The van der Waals surface area contributed by atoms with Gasteiger partial charge in [0.25, 0.3) is 5.91 Å². The largest absolute Gasteiger partial charge is 0.460 e. The standard InChI is InChI=1S/C20H18F23NO/c1-2-3-4-5-6-7-8-44-9(45)10(21,22)11(23,24)12(25,26)13(27,28)14(29,30)15(31,32)16(33,34)17(35,36)18(37,38)19(39,40)20(41,42)43/h2-8H2,1H3,(H,44,45). The molecule has 0 aromatic rings. The van der Waals surface area contributed by atoms with Crippen molar-refractivity contribution in [3.05, 3.63) is 0 Å². The van der Waals surface area contributed by atoms with E-state index in [1.807, 2.05) is 0 Å². The minimum absolute atomic E-state index is 0.0184. The predicted molar refractivity (Wildman–Crippen MR) is 102 cm³/mol. The molecular weight excluding hydrogens is 707 g/mol. The lowest BCUT2D eigenvalue weighted by Gasteiger charge is -2.45. The molecule has 45 heavy (non-hydrogen) atoms. The number of nitrogens with one attached hydrogen (secondary N) is 1. The summed E-state index contributed by atoms with van der Waals surface area (Å²) in [4.78, 5) is 11.3. The van der Waals surface area contributed by atoms with E-state index in [1.165, 1.54) is 0 Å². The Balaban J connectivity index is 6.70. The van der Waals surface area contributed by atoms with Crippen LogP contribution < -0.4 is 5.32 Å². The average Bonchev–Trinajstić information content (AvgIpc) is 2.86. The molecule has 0 saturated heterocycles. The lowest BCUT2D eigenvalue weighted by molar-refractivity contribution is -0.477. The molecule has 0 bridgehead atoms. The first-order valence-electron chi connectivity index (χ1n) is 11.6. The summed E-state index contributed by atoms with van der Waals surface area (Å²) in [6.07, 6.45) is -6.43. The monoisotopic (exact) mass is 725 g/mol. The molecule has 0 spiro atoms. The number of carbonyl (C=O) groups is 1. The summed E-state index contributed by atoms with van der Waals surface area (Å²) in [6.45, 7) is 0.600. The molecule has 0 atom stereocenters. The summed E-state index contributed by atoms with van der Waals surface area (Å²) in [5, 5.41) is 0.751. The van der Waals surface area contributed by atoms with Gasteiger partial charge in [-0.05, 0) is 6.42 Å². The van der Waals surface area contributed by atoms with E-state index < -0.39 is 84.3 Å². The lowest BCUT2D eigenvalue weighted by Crippen LogP contribution is -2.78. The van der Waals surface area contributed by atoms with E-state index in [0.29, 0.717) is 25.7 Å². The second kappa shape index (κ2) is 12.5. The zero-order valence-corrected chi connectivity index (χ0v) is 21.6. The highest BCUT2D eigenvalue weighted by molar-refractivity contribution is 5.84. The van der Waals surface area contributed by atoms with E-state index in [4.69, 9.17) is 0 Å². The van der Waals surface area contributed by atoms with Gasteiger partial charge in [-0.15, -0.1) is 0 Å². The minimum atomic E-state index is -9.47. The number of amides is 1. The number of hydrogen-bond donors (Lipinski definition) is 1. The average molecular weight is 725 g/mol. The van der Waals surface area contributed by atoms with Crippen molar-refractivity contribution in [1.82, 2.24) is 5.32 Å². The van der Waals surface area contributed by atoms with E-state index in [9.17, 15) is 106 Å². The van der Waals surface area contributed by atoms with Gasteiger partial charge in [0, 0.05) is 6.54 Å². The molecule has 270 valence electrons. The fraction of sp³-hybridized carbons (Fsp3) is 0.950. The van der Waals surface area contributed by atoms with Crippen LogP contribution in [0.4, 0.5) is 101 Å². The molecule has 0 fully saturated rings. The van der Waals surface area contributed by atoms with E-state index >= 15 is 0 Å². The molecule has 1 amide bonds. The predicted octanol–water partition coefficient (Wildman–Crippen LogP) is 9.38. The summed E-state index contributed by atoms with van der Waals surface area (Å²) < 4.78 is 308. The Morgan fingerprint density at radius 3 is 0.978 bits per heavy atom. The molecule has 0 aliphatic carbocycles. The molecule has 0 radical (unpaired) electrons. The zero-order chi connectivity index (χ0) is 36.7. The van der Waals surface area contributed by atoms with Crippen molar-refractivity contribution in [2.75, 3.05) is 6.54 Å². The van der Waals surface area contributed by atoms with E-state index in [-0.39, 0.29) is 6.42 Å². The first kappa shape index (κ1) is 42.9. The number of rotatable bonds is 17. The Morgan fingerprint density at radius 2 is 0.667 bits per heavy atom. The van der Waals surface area contributed by atoms with E-state index in [0.717, 1.165) is 5.32 Å². The highest BCUT2D eigenvalue weighted by Gasteiger charge is 2.99. The molecule has 2 nitrogen and oxygen atoms in total. The second-order valence-corrected chi connectivity index (χ2v) is 9.27. The zero-order valence-electron chi connectivity index (χ0n) is 21.6. The summed E-state index contributed by atoms with van der Waals surface area (Å²) in [5.41, 5.74) is 0. The van der Waals surface area contributed by atoms with Crippen LogP contribution in [0.15, 0.2) is 0 Å². The van der Waals surface area contributed by atoms with Crippen molar-refractivity contribution >= 4 is 5.91 Å². The lowest BCUT2D eigenvalue weighted by atomic mass is 9.85. The molecule has 25 heteroatoms. The topological polar surface area (TPSA) is 29.1 Å². The first-order valence-corrected chi connectivity index (χ1v) is 11.6. The number of alkyl halides is 23. The van der Waals surface area contributed by atoms with Crippen molar-refractivity contribution in [3.63, 3.8) is 0 Å². The second-order valence-electron chi connectivity index (χ2n) is 9.27. The van der Waals surface area contributed by atoms with Gasteiger partial charge < -0.3 is 5.32 Å². The summed E-state index contributed by atoms with van der Waals surface area (Å²) >= 11 is 0. The van der Waals surface area contributed by atoms with Crippen molar-refractivity contribution in [2.45, 2.75) is 111 Å². The number of hydrogen-bond acceptors (Lipinski definition) is 1. The smallest absolute Gasteiger partial charge is 0.351 e. The molecule has 0 saturated carbocycles. The fourth-order valence-corrected chi connectivity index (χ4v) is 3.12.